The lowest BCUT2D eigenvalue weighted by Crippen LogP contribution is -2.49. The van der Waals surface area contributed by atoms with Crippen LogP contribution in [0.5, 0.6) is 0 Å². The van der Waals surface area contributed by atoms with Gasteiger partial charge in [-0.1, -0.05) is 27.7 Å². The third kappa shape index (κ3) is 8.02. The number of aromatic nitrogens is 2. The quantitative estimate of drug-likeness (QED) is 0.688. The Hall–Kier alpha value is -1.44. The maximum absolute atomic E-state index is 12.8. The number of rotatable bonds is 5. The highest BCUT2D eigenvalue weighted by molar-refractivity contribution is 5.76. The van der Waals surface area contributed by atoms with E-state index in [0.29, 0.717) is 12.6 Å². The second-order valence-corrected chi connectivity index (χ2v) is 10.3. The van der Waals surface area contributed by atoms with Crippen molar-refractivity contribution in [1.29, 1.82) is 0 Å². The van der Waals surface area contributed by atoms with E-state index in [-0.39, 0.29) is 5.91 Å². The zero-order valence-corrected chi connectivity index (χ0v) is 23.1. The van der Waals surface area contributed by atoms with Crippen molar-refractivity contribution in [2.75, 3.05) is 58.9 Å². The van der Waals surface area contributed by atoms with Gasteiger partial charge >= 0.3 is 0 Å². The maximum Gasteiger partial charge on any atom is 0.244 e. The Kier molecular flexibility index (Phi) is 12.0. The summed E-state index contributed by atoms with van der Waals surface area (Å²) in [7, 11) is 0. The van der Waals surface area contributed by atoms with Crippen LogP contribution in [0.4, 0.5) is 0 Å². The molecule has 1 aromatic heterocycles. The minimum absolute atomic E-state index is 0.252. The van der Waals surface area contributed by atoms with E-state index < -0.39 is 0 Å². The first-order valence-corrected chi connectivity index (χ1v) is 14.7. The highest BCUT2D eigenvalue weighted by Gasteiger charge is 2.31. The minimum Gasteiger partial charge on any atom is -0.338 e. The summed E-state index contributed by atoms with van der Waals surface area (Å²) in [4.78, 5) is 20.4. The summed E-state index contributed by atoms with van der Waals surface area (Å²) in [6, 6.07) is 2.47. The molecule has 3 saturated heterocycles. The largest absolute Gasteiger partial charge is 0.338 e. The summed E-state index contributed by atoms with van der Waals surface area (Å²) in [5.74, 6) is 2.03. The smallest absolute Gasteiger partial charge is 0.244 e. The molecule has 0 spiro atoms. The van der Waals surface area contributed by atoms with Gasteiger partial charge in [-0.25, -0.2) is 0 Å². The van der Waals surface area contributed by atoms with Crippen LogP contribution in [0.25, 0.3) is 0 Å². The van der Waals surface area contributed by atoms with Crippen molar-refractivity contribution < 1.29 is 4.79 Å². The standard InChI is InChI=1S/C24H40N6O.2C2H6/c31-24-19-30-23(3-11-26-30)8-16-29(24)22-6-14-28(15-7-22)18-21-4-12-27(13-5-21)17-20-1-9-25-10-2-20;2*1-2/h3,11,20-22,25H,1-2,4-10,12-19H2;2*1-2H3. The summed E-state index contributed by atoms with van der Waals surface area (Å²) in [5.41, 5.74) is 1.19. The van der Waals surface area contributed by atoms with Crippen LogP contribution in [-0.4, -0.2) is 95.3 Å². The van der Waals surface area contributed by atoms with Gasteiger partial charge < -0.3 is 20.0 Å². The summed E-state index contributed by atoms with van der Waals surface area (Å²) in [6.07, 6.45) is 10.4. The van der Waals surface area contributed by atoms with Gasteiger partial charge in [-0.3, -0.25) is 9.48 Å². The summed E-state index contributed by atoms with van der Waals surface area (Å²) in [6.45, 7) is 19.2. The average molecular weight is 489 g/mol. The second kappa shape index (κ2) is 15.0. The summed E-state index contributed by atoms with van der Waals surface area (Å²) >= 11 is 0. The fraction of sp³-hybridized carbons (Fsp3) is 0.857. The number of nitrogens with zero attached hydrogens (tertiary/aromatic N) is 5. The monoisotopic (exact) mass is 488 g/mol. The molecule has 0 radical (unpaired) electrons. The highest BCUT2D eigenvalue weighted by Crippen LogP contribution is 2.25. The summed E-state index contributed by atoms with van der Waals surface area (Å²) in [5, 5.41) is 7.80. The van der Waals surface area contributed by atoms with Crippen molar-refractivity contribution in [3.8, 4) is 0 Å². The van der Waals surface area contributed by atoms with Crippen molar-refractivity contribution in [2.45, 2.75) is 85.2 Å². The van der Waals surface area contributed by atoms with Gasteiger partial charge in [-0.2, -0.15) is 5.10 Å². The molecule has 0 bridgehead atoms. The van der Waals surface area contributed by atoms with Crippen LogP contribution in [0, 0.1) is 11.8 Å². The third-order valence-electron chi connectivity index (χ3n) is 8.22. The molecular weight excluding hydrogens is 436 g/mol. The number of hydrogen-bond donors (Lipinski definition) is 1. The molecule has 0 atom stereocenters. The topological polar surface area (TPSA) is 56.6 Å². The number of fused-ring (bicyclic) bond motifs is 1. The highest BCUT2D eigenvalue weighted by atomic mass is 16.2. The Morgan fingerprint density at radius 2 is 1.40 bits per heavy atom. The number of hydrogen-bond acceptors (Lipinski definition) is 5. The zero-order chi connectivity index (χ0) is 25.0. The first kappa shape index (κ1) is 28.1. The van der Waals surface area contributed by atoms with Crippen molar-refractivity contribution >= 4 is 5.91 Å². The van der Waals surface area contributed by atoms with Gasteiger partial charge in [-0.15, -0.1) is 0 Å². The van der Waals surface area contributed by atoms with Crippen LogP contribution in [0.1, 0.15) is 71.9 Å². The molecule has 35 heavy (non-hydrogen) atoms. The van der Waals surface area contributed by atoms with Gasteiger partial charge in [0.05, 0.1) is 0 Å². The van der Waals surface area contributed by atoms with Crippen molar-refractivity contribution in [3.63, 3.8) is 0 Å². The fourth-order valence-electron chi connectivity index (χ4n) is 6.24. The van der Waals surface area contributed by atoms with Crippen molar-refractivity contribution in [3.05, 3.63) is 18.0 Å². The Bertz CT molecular complexity index is 715. The summed E-state index contributed by atoms with van der Waals surface area (Å²) < 4.78 is 1.88. The molecule has 5 heterocycles. The molecule has 0 aliphatic carbocycles. The normalized spacial score (nSPS) is 23.5. The fourth-order valence-corrected chi connectivity index (χ4v) is 6.24. The number of amides is 1. The van der Waals surface area contributed by atoms with E-state index in [0.717, 1.165) is 50.7 Å². The predicted octanol–water partition coefficient (Wildman–Crippen LogP) is 3.50. The molecule has 0 unspecified atom stereocenters. The van der Waals surface area contributed by atoms with Crippen molar-refractivity contribution in [1.82, 2.24) is 29.8 Å². The molecule has 1 amide bonds. The Morgan fingerprint density at radius 1 is 0.829 bits per heavy atom. The van der Waals surface area contributed by atoms with Crippen LogP contribution < -0.4 is 5.32 Å². The molecule has 1 N–H and O–H groups in total. The van der Waals surface area contributed by atoms with E-state index in [4.69, 9.17) is 0 Å². The molecule has 0 aromatic carbocycles. The molecular formula is C28H52N6O. The van der Waals surface area contributed by atoms with Gasteiger partial charge in [-0.05, 0) is 82.6 Å². The number of likely N-dealkylation sites (tertiary alicyclic amines) is 2. The molecule has 200 valence electrons. The SMILES string of the molecule is CC.CC.O=C1Cn2nccc2CCN1C1CCN(CC2CCN(CC3CCNCC3)CC2)CC1. The van der Waals surface area contributed by atoms with E-state index in [9.17, 15) is 4.79 Å². The molecule has 1 aromatic rings. The lowest BCUT2D eigenvalue weighted by atomic mass is 9.92. The van der Waals surface area contributed by atoms with Gasteiger partial charge in [0.15, 0.2) is 0 Å². The van der Waals surface area contributed by atoms with Crippen LogP contribution in [-0.2, 0) is 17.8 Å². The number of carbonyl (C=O) groups is 1. The van der Waals surface area contributed by atoms with E-state index in [2.05, 4.69) is 31.2 Å². The molecule has 0 saturated carbocycles. The molecule has 7 nitrogen and oxygen atoms in total. The van der Waals surface area contributed by atoms with E-state index >= 15 is 0 Å². The van der Waals surface area contributed by atoms with Gasteiger partial charge in [0.2, 0.25) is 5.91 Å². The van der Waals surface area contributed by atoms with E-state index in [1.807, 2.05) is 38.6 Å². The lowest BCUT2D eigenvalue weighted by Gasteiger charge is -2.41. The first-order valence-electron chi connectivity index (χ1n) is 14.7. The molecule has 7 heteroatoms. The van der Waals surface area contributed by atoms with E-state index in [1.165, 1.54) is 70.6 Å². The number of piperidine rings is 3. The zero-order valence-electron chi connectivity index (χ0n) is 23.1. The molecule has 3 fully saturated rings. The van der Waals surface area contributed by atoms with Gasteiger partial charge in [0.25, 0.3) is 0 Å². The number of carbonyl (C=O) groups excluding carboxylic acids is 1. The van der Waals surface area contributed by atoms with Crippen LogP contribution in [0.3, 0.4) is 0 Å². The maximum atomic E-state index is 12.8. The molecule has 5 rings (SSSR count). The average Bonchev–Trinajstić information content (AvgIpc) is 3.29. The van der Waals surface area contributed by atoms with Crippen molar-refractivity contribution in [2.24, 2.45) is 11.8 Å². The van der Waals surface area contributed by atoms with Gasteiger partial charge in [0, 0.05) is 57.1 Å². The lowest BCUT2D eigenvalue weighted by molar-refractivity contribution is -0.134. The Balaban J connectivity index is 0.000000815. The second-order valence-electron chi connectivity index (χ2n) is 10.3. The van der Waals surface area contributed by atoms with Crippen LogP contribution in [0.15, 0.2) is 12.3 Å². The first-order chi connectivity index (χ1) is 17.2. The van der Waals surface area contributed by atoms with E-state index in [1.54, 1.807) is 0 Å². The minimum atomic E-state index is 0.252. The third-order valence-corrected chi connectivity index (χ3v) is 8.22. The predicted molar refractivity (Wildman–Crippen MR) is 145 cm³/mol. The Labute approximate surface area is 214 Å². The Morgan fingerprint density at radius 3 is 2.03 bits per heavy atom. The molecule has 4 aliphatic rings. The number of nitrogens with one attached hydrogen (secondary N) is 1. The van der Waals surface area contributed by atoms with Gasteiger partial charge in [0.1, 0.15) is 6.54 Å². The van der Waals surface area contributed by atoms with Crippen LogP contribution >= 0.6 is 0 Å². The van der Waals surface area contributed by atoms with Crippen LogP contribution in [0.2, 0.25) is 0 Å². The molecule has 4 aliphatic heterocycles.